The topological polar surface area (TPSA) is 49.4 Å². The van der Waals surface area contributed by atoms with Crippen molar-refractivity contribution in [2.75, 3.05) is 11.4 Å². The molecule has 1 atom stereocenters. The molecule has 1 heterocycles. The molecule has 4 nitrogen and oxygen atoms in total. The summed E-state index contributed by atoms with van der Waals surface area (Å²) in [5.41, 5.74) is 2.50. The lowest BCUT2D eigenvalue weighted by molar-refractivity contribution is -0.121. The van der Waals surface area contributed by atoms with Gasteiger partial charge in [0, 0.05) is 12.1 Å². The van der Waals surface area contributed by atoms with Crippen molar-refractivity contribution in [2.45, 2.75) is 19.9 Å². The minimum Gasteiger partial charge on any atom is -0.340 e. The maximum absolute atomic E-state index is 12.6. The number of nitrogens with zero attached hydrogens (tertiary/aromatic N) is 1. The molecule has 5 heteroatoms. The lowest BCUT2D eigenvalue weighted by atomic mass is 10.0. The van der Waals surface area contributed by atoms with Crippen LogP contribution in [0.5, 0.6) is 0 Å². The van der Waals surface area contributed by atoms with Crippen molar-refractivity contribution in [1.29, 1.82) is 0 Å². The molecule has 0 radical (unpaired) electrons. The average molecular weight is 293 g/mol. The number of benzene rings is 1. The highest BCUT2D eigenvalue weighted by Crippen LogP contribution is 2.25. The maximum atomic E-state index is 12.6. The van der Waals surface area contributed by atoms with Gasteiger partial charge in [-0.2, -0.15) is 0 Å². The summed E-state index contributed by atoms with van der Waals surface area (Å²) in [6.07, 6.45) is 1.68. The number of carbonyl (C=O) groups excluding carboxylic acids is 2. The minimum atomic E-state index is -0.529. The Bertz CT molecular complexity index is 555. The minimum absolute atomic E-state index is 0.0169. The predicted octanol–water partition coefficient (Wildman–Crippen LogP) is 2.54. The molecule has 0 bridgehead atoms. The summed E-state index contributed by atoms with van der Waals surface area (Å²) in [6, 6.07) is 6.56. The van der Waals surface area contributed by atoms with E-state index in [1.165, 1.54) is 5.54 Å². The second-order valence-electron chi connectivity index (χ2n) is 5.02. The summed E-state index contributed by atoms with van der Waals surface area (Å²) < 4.78 is 0. The number of amides is 2. The van der Waals surface area contributed by atoms with Gasteiger partial charge in [0.2, 0.25) is 5.91 Å². The van der Waals surface area contributed by atoms with E-state index in [-0.39, 0.29) is 17.7 Å². The second kappa shape index (κ2) is 6.09. The number of rotatable bonds is 3. The van der Waals surface area contributed by atoms with Crippen LogP contribution >= 0.6 is 11.6 Å². The highest BCUT2D eigenvalue weighted by molar-refractivity contribution is 6.25. The van der Waals surface area contributed by atoms with Crippen molar-refractivity contribution in [3.05, 3.63) is 41.4 Å². The Labute approximate surface area is 123 Å². The van der Waals surface area contributed by atoms with E-state index >= 15 is 0 Å². The molecule has 1 N–H and O–H groups in total. The second-order valence-corrected chi connectivity index (χ2v) is 5.27. The third-order valence-electron chi connectivity index (χ3n) is 3.30. The fourth-order valence-corrected chi connectivity index (χ4v) is 2.33. The van der Waals surface area contributed by atoms with Gasteiger partial charge in [-0.05, 0) is 18.1 Å². The van der Waals surface area contributed by atoms with E-state index in [1.807, 2.05) is 19.9 Å². The molecule has 1 aliphatic rings. The molecular weight excluding hydrogens is 276 g/mol. The summed E-state index contributed by atoms with van der Waals surface area (Å²) in [4.78, 5) is 26.5. The van der Waals surface area contributed by atoms with Crippen LogP contribution in [0.3, 0.4) is 0 Å². The predicted molar refractivity (Wildman–Crippen MR) is 79.9 cm³/mol. The Hall–Kier alpha value is -1.81. The number of carbonyl (C=O) groups is 2. The quantitative estimate of drug-likeness (QED) is 0.931. The van der Waals surface area contributed by atoms with Crippen molar-refractivity contribution < 1.29 is 9.59 Å². The lowest BCUT2D eigenvalue weighted by Crippen LogP contribution is -2.48. The highest BCUT2D eigenvalue weighted by atomic mass is 35.5. The van der Waals surface area contributed by atoms with Crippen molar-refractivity contribution in [3.8, 4) is 0 Å². The Kier molecular flexibility index (Phi) is 4.45. The summed E-state index contributed by atoms with van der Waals surface area (Å²) in [5.74, 6) is -0.318. The summed E-state index contributed by atoms with van der Waals surface area (Å²) >= 11 is 5.56. The van der Waals surface area contributed by atoms with Crippen LogP contribution in [0.1, 0.15) is 24.2 Å². The van der Waals surface area contributed by atoms with E-state index < -0.39 is 6.04 Å². The number of halogens is 1. The van der Waals surface area contributed by atoms with Crippen LogP contribution in [-0.4, -0.2) is 24.4 Å². The molecule has 1 aromatic carbocycles. The molecule has 106 valence electrons. The SMILES string of the molecule is CC(C)C1NC(=O)c2ccccc2N(C/C=C/Cl)C1=O. The Morgan fingerprint density at radius 1 is 1.35 bits per heavy atom. The van der Waals surface area contributed by atoms with Crippen LogP contribution in [0.2, 0.25) is 0 Å². The van der Waals surface area contributed by atoms with E-state index in [0.29, 0.717) is 17.8 Å². The van der Waals surface area contributed by atoms with Gasteiger partial charge in [-0.15, -0.1) is 0 Å². The van der Waals surface area contributed by atoms with Gasteiger partial charge in [-0.3, -0.25) is 9.59 Å². The van der Waals surface area contributed by atoms with Crippen LogP contribution < -0.4 is 10.2 Å². The number of fused-ring (bicyclic) bond motifs is 1. The Morgan fingerprint density at radius 2 is 2.05 bits per heavy atom. The van der Waals surface area contributed by atoms with Crippen LogP contribution in [-0.2, 0) is 4.79 Å². The largest absolute Gasteiger partial charge is 0.340 e. The van der Waals surface area contributed by atoms with Gasteiger partial charge in [0.1, 0.15) is 6.04 Å². The molecule has 1 aliphatic heterocycles. The van der Waals surface area contributed by atoms with Crippen molar-refractivity contribution >= 4 is 29.1 Å². The third kappa shape index (κ3) is 2.70. The van der Waals surface area contributed by atoms with E-state index in [9.17, 15) is 9.59 Å². The molecule has 0 fully saturated rings. The lowest BCUT2D eigenvalue weighted by Gasteiger charge is -2.25. The number of anilines is 1. The first kappa shape index (κ1) is 14.6. The number of nitrogens with one attached hydrogen (secondary N) is 1. The first-order valence-electron chi connectivity index (χ1n) is 6.52. The first-order chi connectivity index (χ1) is 9.56. The van der Waals surface area contributed by atoms with E-state index in [1.54, 1.807) is 29.2 Å². The first-order valence-corrected chi connectivity index (χ1v) is 6.96. The van der Waals surface area contributed by atoms with Gasteiger partial charge in [-0.1, -0.05) is 43.7 Å². The van der Waals surface area contributed by atoms with Crippen molar-refractivity contribution in [3.63, 3.8) is 0 Å². The van der Waals surface area contributed by atoms with E-state index in [2.05, 4.69) is 5.32 Å². The van der Waals surface area contributed by atoms with Gasteiger partial charge in [0.05, 0.1) is 11.3 Å². The standard InChI is InChI=1S/C15H17ClN2O2/c1-10(2)13-15(20)18(9-5-8-16)12-7-4-3-6-11(12)14(19)17-13/h3-8,10,13H,9H2,1-2H3,(H,17,19)/b8-5+. The van der Waals surface area contributed by atoms with Gasteiger partial charge in [-0.25, -0.2) is 0 Å². The van der Waals surface area contributed by atoms with Crippen molar-refractivity contribution in [2.24, 2.45) is 5.92 Å². The van der Waals surface area contributed by atoms with Gasteiger partial charge >= 0.3 is 0 Å². The molecule has 0 saturated heterocycles. The zero-order valence-corrected chi connectivity index (χ0v) is 12.2. The average Bonchev–Trinajstić information content (AvgIpc) is 2.54. The van der Waals surface area contributed by atoms with Crippen molar-refractivity contribution in [1.82, 2.24) is 5.32 Å². The Balaban J connectivity index is 2.50. The maximum Gasteiger partial charge on any atom is 0.254 e. The fourth-order valence-electron chi connectivity index (χ4n) is 2.25. The van der Waals surface area contributed by atoms with Crippen LogP contribution in [0.15, 0.2) is 35.9 Å². The normalized spacial score (nSPS) is 19.2. The molecule has 0 saturated carbocycles. The Morgan fingerprint density at radius 3 is 2.70 bits per heavy atom. The van der Waals surface area contributed by atoms with Crippen LogP contribution in [0.4, 0.5) is 5.69 Å². The monoisotopic (exact) mass is 292 g/mol. The summed E-state index contributed by atoms with van der Waals surface area (Å²) in [7, 11) is 0. The fraction of sp³-hybridized carbons (Fsp3) is 0.333. The molecule has 0 aromatic heterocycles. The summed E-state index contributed by atoms with van der Waals surface area (Å²) in [6.45, 7) is 4.17. The van der Waals surface area contributed by atoms with Gasteiger partial charge in [0.15, 0.2) is 0 Å². The van der Waals surface area contributed by atoms with Gasteiger partial charge in [0.25, 0.3) is 5.91 Å². The molecule has 1 unspecified atom stereocenters. The highest BCUT2D eigenvalue weighted by Gasteiger charge is 2.34. The van der Waals surface area contributed by atoms with E-state index in [4.69, 9.17) is 11.6 Å². The molecule has 20 heavy (non-hydrogen) atoms. The molecule has 1 aromatic rings. The number of para-hydroxylation sites is 1. The molecule has 2 amide bonds. The van der Waals surface area contributed by atoms with Crippen LogP contribution in [0.25, 0.3) is 0 Å². The van der Waals surface area contributed by atoms with Gasteiger partial charge < -0.3 is 10.2 Å². The van der Waals surface area contributed by atoms with Crippen LogP contribution in [0, 0.1) is 5.92 Å². The van der Waals surface area contributed by atoms with E-state index in [0.717, 1.165) is 0 Å². The zero-order valence-electron chi connectivity index (χ0n) is 11.5. The molecule has 2 rings (SSSR count). The summed E-state index contributed by atoms with van der Waals surface area (Å²) in [5, 5.41) is 2.80. The smallest absolute Gasteiger partial charge is 0.254 e. The number of hydrogen-bond acceptors (Lipinski definition) is 2. The number of hydrogen-bond donors (Lipinski definition) is 1. The molecular formula is C15H17ClN2O2. The third-order valence-corrected chi connectivity index (χ3v) is 3.48. The molecule has 0 aliphatic carbocycles. The molecule has 0 spiro atoms. The zero-order chi connectivity index (χ0) is 14.7.